The van der Waals surface area contributed by atoms with Gasteiger partial charge < -0.3 is 20.1 Å². The third-order valence-electron chi connectivity index (χ3n) is 4.63. The van der Waals surface area contributed by atoms with Gasteiger partial charge in [0.25, 0.3) is 0 Å². The molecule has 0 spiro atoms. The number of hydrogen-bond acceptors (Lipinski definition) is 5. The Morgan fingerprint density at radius 2 is 0.971 bits per heavy atom. The second-order valence-electron chi connectivity index (χ2n) is 10.2. The fourth-order valence-corrected chi connectivity index (χ4v) is 3.29. The van der Waals surface area contributed by atoms with Crippen molar-refractivity contribution in [2.75, 3.05) is 0 Å². The molecule has 2 aromatic rings. The van der Waals surface area contributed by atoms with E-state index < -0.39 is 35.5 Å². The van der Waals surface area contributed by atoms with Crippen LogP contribution < -0.4 is 10.6 Å². The molecular weight excluding hydrogens is 432 g/mol. The predicted molar refractivity (Wildman–Crippen MR) is 132 cm³/mol. The Bertz CT molecular complexity index is 869. The van der Waals surface area contributed by atoms with Crippen LogP contribution >= 0.6 is 0 Å². The number of hydrogen-bond donors (Lipinski definition) is 2. The van der Waals surface area contributed by atoms with Crippen LogP contribution in [0.25, 0.3) is 0 Å². The van der Waals surface area contributed by atoms with Crippen molar-refractivity contribution in [2.45, 2.75) is 77.7 Å². The zero-order valence-corrected chi connectivity index (χ0v) is 20.9. The average Bonchev–Trinajstić information content (AvgIpc) is 2.71. The summed E-state index contributed by atoms with van der Waals surface area (Å²) in [5.41, 5.74) is 0.297. The summed E-state index contributed by atoms with van der Waals surface area (Å²) < 4.78 is 10.8. The summed E-state index contributed by atoms with van der Waals surface area (Å²) in [4.78, 5) is 38.8. The van der Waals surface area contributed by atoms with E-state index >= 15 is 0 Å². The highest BCUT2D eigenvalue weighted by Crippen LogP contribution is 2.13. The van der Waals surface area contributed by atoms with Crippen LogP contribution in [0.1, 0.15) is 52.7 Å². The minimum atomic E-state index is -0.916. The van der Waals surface area contributed by atoms with Crippen molar-refractivity contribution >= 4 is 18.0 Å². The van der Waals surface area contributed by atoms with Gasteiger partial charge >= 0.3 is 12.2 Å². The van der Waals surface area contributed by atoms with Crippen molar-refractivity contribution in [1.29, 1.82) is 0 Å². The van der Waals surface area contributed by atoms with E-state index in [1.807, 2.05) is 60.7 Å². The first-order valence-electron chi connectivity index (χ1n) is 11.4. The smallest absolute Gasteiger partial charge is 0.408 e. The van der Waals surface area contributed by atoms with E-state index in [2.05, 4.69) is 10.6 Å². The molecule has 2 atom stereocenters. The second-order valence-corrected chi connectivity index (χ2v) is 10.2. The topological polar surface area (TPSA) is 93.7 Å². The van der Waals surface area contributed by atoms with Crippen LogP contribution in [-0.2, 0) is 27.1 Å². The van der Waals surface area contributed by atoms with Gasteiger partial charge in [0.1, 0.15) is 11.2 Å². The third-order valence-corrected chi connectivity index (χ3v) is 4.63. The fraction of sp³-hybridized carbons (Fsp3) is 0.444. The number of amides is 2. The molecule has 2 N–H and O–H groups in total. The molecule has 0 saturated heterocycles. The van der Waals surface area contributed by atoms with Crippen molar-refractivity contribution in [3.8, 4) is 0 Å². The molecule has 7 heteroatoms. The van der Waals surface area contributed by atoms with Gasteiger partial charge in [-0.3, -0.25) is 4.79 Å². The molecule has 184 valence electrons. The molecule has 0 fully saturated rings. The molecule has 0 saturated carbocycles. The van der Waals surface area contributed by atoms with Crippen molar-refractivity contribution in [3.05, 3.63) is 71.8 Å². The van der Waals surface area contributed by atoms with Crippen LogP contribution in [0, 0.1) is 0 Å². The van der Waals surface area contributed by atoms with Crippen LogP contribution in [0.15, 0.2) is 60.7 Å². The lowest BCUT2D eigenvalue weighted by Crippen LogP contribution is -2.54. The summed E-state index contributed by atoms with van der Waals surface area (Å²) in [5, 5.41) is 5.41. The first kappa shape index (κ1) is 26.9. The summed E-state index contributed by atoms with van der Waals surface area (Å²) in [6.07, 6.45) is -0.893. The predicted octanol–water partition coefficient (Wildman–Crippen LogP) is 4.83. The van der Waals surface area contributed by atoms with Gasteiger partial charge in [-0.2, -0.15) is 0 Å². The highest BCUT2D eigenvalue weighted by Gasteiger charge is 2.32. The zero-order valence-electron chi connectivity index (χ0n) is 20.9. The summed E-state index contributed by atoms with van der Waals surface area (Å²) in [6.45, 7) is 10.5. The molecule has 2 unspecified atom stereocenters. The maximum atomic E-state index is 13.7. The van der Waals surface area contributed by atoms with Gasteiger partial charge in [-0.25, -0.2) is 9.59 Å². The number of rotatable bonds is 8. The fourth-order valence-electron chi connectivity index (χ4n) is 3.29. The number of Topliss-reactive ketones (excluding diaryl/α,β-unsaturated/α-hetero) is 1. The Kier molecular flexibility index (Phi) is 9.24. The van der Waals surface area contributed by atoms with E-state index in [1.165, 1.54) is 0 Å². The number of nitrogens with one attached hydrogen (secondary N) is 2. The molecular formula is C27H36N2O5. The number of alkyl carbamates (subject to hydrolysis) is 2. The second kappa shape index (κ2) is 11.7. The average molecular weight is 469 g/mol. The quantitative estimate of drug-likeness (QED) is 0.579. The Morgan fingerprint density at radius 1 is 0.647 bits per heavy atom. The van der Waals surface area contributed by atoms with Crippen molar-refractivity contribution in [3.63, 3.8) is 0 Å². The van der Waals surface area contributed by atoms with E-state index in [0.29, 0.717) is 0 Å². The van der Waals surface area contributed by atoms with Crippen LogP contribution in [-0.4, -0.2) is 41.3 Å². The van der Waals surface area contributed by atoms with Crippen LogP contribution in [0.4, 0.5) is 9.59 Å². The first-order chi connectivity index (χ1) is 15.8. The van der Waals surface area contributed by atoms with Crippen LogP contribution in [0.3, 0.4) is 0 Å². The summed E-state index contributed by atoms with van der Waals surface area (Å²) >= 11 is 0. The van der Waals surface area contributed by atoms with Gasteiger partial charge in [0.15, 0.2) is 5.78 Å². The van der Waals surface area contributed by atoms with Crippen molar-refractivity contribution in [1.82, 2.24) is 10.6 Å². The number of carbonyl (C=O) groups is 3. The monoisotopic (exact) mass is 468 g/mol. The summed E-state index contributed by atoms with van der Waals surface area (Å²) in [6, 6.07) is 16.9. The number of ether oxygens (including phenoxy) is 2. The molecule has 2 rings (SSSR count). The molecule has 7 nitrogen and oxygen atoms in total. The Morgan fingerprint density at radius 3 is 1.26 bits per heavy atom. The molecule has 2 aromatic carbocycles. The highest BCUT2D eigenvalue weighted by molar-refractivity contribution is 5.94. The SMILES string of the molecule is CC(C)(C)OC(=O)NC(Cc1ccccc1)C(=O)C(Cc1ccccc1)NC(=O)OC(C)(C)C. The van der Waals surface area contributed by atoms with Crippen LogP contribution in [0.5, 0.6) is 0 Å². The maximum absolute atomic E-state index is 13.7. The molecule has 0 aliphatic heterocycles. The third kappa shape index (κ3) is 10.1. The lowest BCUT2D eigenvalue weighted by atomic mass is 9.94. The van der Waals surface area contributed by atoms with Gasteiger partial charge in [0, 0.05) is 0 Å². The molecule has 0 bridgehead atoms. The summed E-state index contributed by atoms with van der Waals surface area (Å²) in [7, 11) is 0. The van der Waals surface area contributed by atoms with Gasteiger partial charge in [-0.1, -0.05) is 60.7 Å². The molecule has 0 radical (unpaired) electrons. The van der Waals surface area contributed by atoms with E-state index in [9.17, 15) is 14.4 Å². The Hall–Kier alpha value is -3.35. The zero-order chi connectivity index (χ0) is 25.4. The maximum Gasteiger partial charge on any atom is 0.408 e. The molecule has 0 heterocycles. The molecule has 0 aliphatic carbocycles. The number of carbonyl (C=O) groups excluding carboxylic acids is 3. The summed E-state index contributed by atoms with van der Waals surface area (Å²) in [5.74, 6) is -0.343. The lowest BCUT2D eigenvalue weighted by Gasteiger charge is -2.27. The van der Waals surface area contributed by atoms with Gasteiger partial charge in [-0.15, -0.1) is 0 Å². The molecule has 2 amide bonds. The van der Waals surface area contributed by atoms with E-state index in [0.717, 1.165) is 11.1 Å². The molecule has 0 aliphatic rings. The first-order valence-corrected chi connectivity index (χ1v) is 11.4. The Labute approximate surface area is 202 Å². The largest absolute Gasteiger partial charge is 0.444 e. The standard InChI is InChI=1S/C27H36N2O5/c1-26(2,3)33-24(31)28-21(17-19-13-9-7-10-14-19)23(30)22(18-20-15-11-8-12-16-20)29-25(32)34-27(4,5)6/h7-16,21-22H,17-18H2,1-6H3,(H,28,31)(H,29,32). The number of ketones is 1. The highest BCUT2D eigenvalue weighted by atomic mass is 16.6. The van der Waals surface area contributed by atoms with E-state index in [4.69, 9.17) is 9.47 Å². The molecule has 0 aromatic heterocycles. The van der Waals surface area contributed by atoms with E-state index in [-0.39, 0.29) is 18.6 Å². The van der Waals surface area contributed by atoms with Crippen molar-refractivity contribution in [2.24, 2.45) is 0 Å². The van der Waals surface area contributed by atoms with Gasteiger partial charge in [0.05, 0.1) is 12.1 Å². The number of benzene rings is 2. The van der Waals surface area contributed by atoms with E-state index in [1.54, 1.807) is 41.5 Å². The minimum absolute atomic E-state index is 0.250. The minimum Gasteiger partial charge on any atom is -0.444 e. The Balaban J connectivity index is 2.31. The molecule has 34 heavy (non-hydrogen) atoms. The van der Waals surface area contributed by atoms with Gasteiger partial charge in [-0.05, 0) is 65.5 Å². The van der Waals surface area contributed by atoms with Crippen LogP contribution in [0.2, 0.25) is 0 Å². The van der Waals surface area contributed by atoms with Gasteiger partial charge in [0.2, 0.25) is 0 Å². The normalized spacial score (nSPS) is 13.4. The lowest BCUT2D eigenvalue weighted by molar-refractivity contribution is -0.123. The van der Waals surface area contributed by atoms with Crippen molar-refractivity contribution < 1.29 is 23.9 Å².